The molecule has 0 fully saturated rings. The van der Waals surface area contributed by atoms with Crippen LogP contribution in [0.3, 0.4) is 0 Å². The van der Waals surface area contributed by atoms with Crippen LogP contribution < -0.4 is 16.1 Å². The van der Waals surface area contributed by atoms with Gasteiger partial charge in [0, 0.05) is 17.3 Å². The van der Waals surface area contributed by atoms with Crippen LogP contribution >= 0.6 is 11.6 Å². The summed E-state index contributed by atoms with van der Waals surface area (Å²) in [6, 6.07) is 21.8. The summed E-state index contributed by atoms with van der Waals surface area (Å²) < 4.78 is 2.58. The summed E-state index contributed by atoms with van der Waals surface area (Å²) in [6.45, 7) is 0.526. The van der Waals surface area contributed by atoms with Gasteiger partial charge in [-0.05, 0) is 54.3 Å². The molecule has 0 atom stereocenters. The lowest BCUT2D eigenvalue weighted by Crippen LogP contribution is -2.44. The smallest absolute Gasteiger partial charge is 0.311 e. The number of carbonyl (C=O) groups is 1. The van der Waals surface area contributed by atoms with Crippen molar-refractivity contribution in [3.8, 4) is 0 Å². The normalized spacial score (nSPS) is 13.2. The van der Waals surface area contributed by atoms with E-state index in [9.17, 15) is 14.4 Å². The molecule has 0 saturated carbocycles. The highest BCUT2D eigenvalue weighted by molar-refractivity contribution is 6.30. The average Bonchev–Trinajstić information content (AvgIpc) is 2.84. The fourth-order valence-corrected chi connectivity index (χ4v) is 4.71. The minimum Gasteiger partial charge on any atom is -0.311 e. The number of para-hydroxylation sites is 2. The van der Waals surface area contributed by atoms with Crippen LogP contribution in [0.15, 0.2) is 82.4 Å². The number of nitrogens with zero attached hydrogens (tertiary/aromatic N) is 3. The number of anilines is 1. The van der Waals surface area contributed by atoms with E-state index in [-0.39, 0.29) is 24.6 Å². The maximum atomic E-state index is 13.5. The number of hydrogen-bond acceptors (Lipinski definition) is 3. The maximum Gasteiger partial charge on any atom is 0.332 e. The van der Waals surface area contributed by atoms with Gasteiger partial charge in [0.2, 0.25) is 5.91 Å². The minimum absolute atomic E-state index is 0.0732. The molecule has 6 nitrogen and oxygen atoms in total. The van der Waals surface area contributed by atoms with Crippen molar-refractivity contribution >= 4 is 34.1 Å². The molecular weight excluding hydrogens is 438 g/mol. The second-order valence-corrected chi connectivity index (χ2v) is 8.62. The Balaban J connectivity index is 1.59. The van der Waals surface area contributed by atoms with E-state index in [2.05, 4.69) is 0 Å². The SMILES string of the molecule is O=C(Cn1c(=O)n(Cc2cccc(Cl)c2)c(=O)c2ccccc21)N1CCCc2ccccc21. The zero-order valence-corrected chi connectivity index (χ0v) is 18.7. The van der Waals surface area contributed by atoms with Crippen molar-refractivity contribution in [3.05, 3.63) is 110 Å². The molecule has 7 heteroatoms. The highest BCUT2D eigenvalue weighted by Gasteiger charge is 2.24. The molecule has 1 aliphatic heterocycles. The standard InChI is InChI=1S/C26H22ClN3O3/c27-20-10-5-7-18(15-20)16-30-25(32)21-11-2-4-13-23(21)29(26(30)33)17-24(31)28-14-6-9-19-8-1-3-12-22(19)28/h1-5,7-8,10-13,15H,6,9,14,16-17H2. The van der Waals surface area contributed by atoms with Crippen LogP contribution in [0.5, 0.6) is 0 Å². The van der Waals surface area contributed by atoms with E-state index >= 15 is 0 Å². The molecule has 0 aliphatic carbocycles. The topological polar surface area (TPSA) is 64.3 Å². The van der Waals surface area contributed by atoms with Gasteiger partial charge >= 0.3 is 5.69 Å². The summed E-state index contributed by atoms with van der Waals surface area (Å²) in [5, 5.41) is 0.923. The molecule has 1 amide bonds. The van der Waals surface area contributed by atoms with E-state index in [1.165, 1.54) is 9.13 Å². The highest BCUT2D eigenvalue weighted by Crippen LogP contribution is 2.27. The third kappa shape index (κ3) is 3.98. The van der Waals surface area contributed by atoms with Crippen LogP contribution in [0.4, 0.5) is 5.69 Å². The van der Waals surface area contributed by atoms with Gasteiger partial charge in [-0.2, -0.15) is 0 Å². The molecule has 0 radical (unpaired) electrons. The van der Waals surface area contributed by atoms with E-state index in [4.69, 9.17) is 11.6 Å². The van der Waals surface area contributed by atoms with Gasteiger partial charge in [-0.3, -0.25) is 18.7 Å². The van der Waals surface area contributed by atoms with Gasteiger partial charge in [0.05, 0.1) is 17.4 Å². The number of aromatic nitrogens is 2. The zero-order chi connectivity index (χ0) is 22.9. The number of hydrogen-bond donors (Lipinski definition) is 0. The molecule has 0 unspecified atom stereocenters. The second-order valence-electron chi connectivity index (χ2n) is 8.18. The summed E-state index contributed by atoms with van der Waals surface area (Å²) in [6.07, 6.45) is 1.79. The Bertz CT molecular complexity index is 1490. The summed E-state index contributed by atoms with van der Waals surface area (Å²) >= 11 is 6.09. The fraction of sp³-hybridized carbons (Fsp3) is 0.192. The van der Waals surface area contributed by atoms with Gasteiger partial charge in [0.25, 0.3) is 5.56 Å². The first-order valence-corrected chi connectivity index (χ1v) is 11.3. The Kier molecular flexibility index (Phi) is 5.60. The van der Waals surface area contributed by atoms with E-state index < -0.39 is 5.69 Å². The van der Waals surface area contributed by atoms with Gasteiger partial charge in [-0.15, -0.1) is 0 Å². The first-order chi connectivity index (χ1) is 16.0. The lowest BCUT2D eigenvalue weighted by molar-refractivity contribution is -0.119. The Morgan fingerprint density at radius 3 is 2.55 bits per heavy atom. The quantitative estimate of drug-likeness (QED) is 0.465. The molecule has 0 spiro atoms. The molecule has 33 heavy (non-hydrogen) atoms. The third-order valence-electron chi connectivity index (χ3n) is 6.07. The van der Waals surface area contributed by atoms with Crippen LogP contribution in [0.2, 0.25) is 5.02 Å². The summed E-state index contributed by atoms with van der Waals surface area (Å²) in [5.74, 6) is -0.178. The van der Waals surface area contributed by atoms with Crippen molar-refractivity contribution in [3.63, 3.8) is 0 Å². The summed E-state index contributed by atoms with van der Waals surface area (Å²) in [4.78, 5) is 41.8. The van der Waals surface area contributed by atoms with Crippen LogP contribution in [-0.2, 0) is 24.3 Å². The molecule has 4 aromatic rings. The first-order valence-electron chi connectivity index (χ1n) is 10.9. The molecule has 0 saturated heterocycles. The Morgan fingerprint density at radius 1 is 0.909 bits per heavy atom. The third-order valence-corrected chi connectivity index (χ3v) is 6.30. The number of amides is 1. The number of aryl methyl sites for hydroxylation is 1. The molecule has 0 N–H and O–H groups in total. The molecule has 0 bridgehead atoms. The largest absolute Gasteiger partial charge is 0.332 e. The van der Waals surface area contributed by atoms with E-state index in [1.54, 1.807) is 47.4 Å². The van der Waals surface area contributed by atoms with Crippen LogP contribution in [0, 0.1) is 0 Å². The highest BCUT2D eigenvalue weighted by atomic mass is 35.5. The van der Waals surface area contributed by atoms with Crippen molar-refractivity contribution in [2.24, 2.45) is 0 Å². The van der Waals surface area contributed by atoms with E-state index in [1.807, 2.05) is 30.3 Å². The van der Waals surface area contributed by atoms with Gasteiger partial charge < -0.3 is 4.90 Å². The Hall–Kier alpha value is -3.64. The molecule has 166 valence electrons. The minimum atomic E-state index is -0.516. The maximum absolute atomic E-state index is 13.5. The summed E-state index contributed by atoms with van der Waals surface area (Å²) in [5.41, 5.74) is 2.30. The zero-order valence-electron chi connectivity index (χ0n) is 17.9. The van der Waals surface area contributed by atoms with Crippen molar-refractivity contribution in [2.45, 2.75) is 25.9 Å². The van der Waals surface area contributed by atoms with E-state index in [0.29, 0.717) is 22.5 Å². The van der Waals surface area contributed by atoms with Crippen LogP contribution in [-0.4, -0.2) is 21.6 Å². The monoisotopic (exact) mass is 459 g/mol. The number of carbonyl (C=O) groups excluding carboxylic acids is 1. The van der Waals surface area contributed by atoms with Crippen molar-refractivity contribution < 1.29 is 4.79 Å². The predicted octanol–water partition coefficient (Wildman–Crippen LogP) is 3.84. The van der Waals surface area contributed by atoms with Crippen LogP contribution in [0.25, 0.3) is 10.9 Å². The van der Waals surface area contributed by atoms with Gasteiger partial charge in [-0.25, -0.2) is 4.79 Å². The molecular formula is C26H22ClN3O3. The lowest BCUT2D eigenvalue weighted by Gasteiger charge is -2.30. The lowest BCUT2D eigenvalue weighted by atomic mass is 10.0. The molecule has 1 aliphatic rings. The molecule has 3 aromatic carbocycles. The van der Waals surface area contributed by atoms with Gasteiger partial charge in [0.15, 0.2) is 0 Å². The Morgan fingerprint density at radius 2 is 1.70 bits per heavy atom. The van der Waals surface area contributed by atoms with Gasteiger partial charge in [-0.1, -0.05) is 54.1 Å². The average molecular weight is 460 g/mol. The molecule has 1 aromatic heterocycles. The second kappa shape index (κ2) is 8.71. The predicted molar refractivity (Wildman–Crippen MR) is 130 cm³/mol. The number of rotatable bonds is 4. The van der Waals surface area contributed by atoms with Crippen molar-refractivity contribution in [1.29, 1.82) is 0 Å². The number of halogens is 1. The number of benzene rings is 3. The van der Waals surface area contributed by atoms with Crippen molar-refractivity contribution in [1.82, 2.24) is 9.13 Å². The fourth-order valence-electron chi connectivity index (χ4n) is 4.49. The first kappa shape index (κ1) is 21.2. The molecule has 2 heterocycles. The molecule has 5 rings (SSSR count). The van der Waals surface area contributed by atoms with E-state index in [0.717, 1.165) is 29.7 Å². The van der Waals surface area contributed by atoms with Crippen molar-refractivity contribution in [2.75, 3.05) is 11.4 Å². The van der Waals surface area contributed by atoms with Gasteiger partial charge in [0.1, 0.15) is 6.54 Å². The number of fused-ring (bicyclic) bond motifs is 2. The van der Waals surface area contributed by atoms with Crippen LogP contribution in [0.1, 0.15) is 17.5 Å². The summed E-state index contributed by atoms with van der Waals surface area (Å²) in [7, 11) is 0. The Labute approximate surface area is 195 Å².